The number of carbonyl (C=O) groups is 1. The van der Waals surface area contributed by atoms with Crippen LogP contribution in [0.25, 0.3) is 0 Å². The van der Waals surface area contributed by atoms with E-state index >= 15 is 0 Å². The number of likely N-dealkylation sites (tertiary alicyclic amines) is 1. The zero-order valence-electron chi connectivity index (χ0n) is 14.9. The van der Waals surface area contributed by atoms with E-state index in [-0.39, 0.29) is 30.4 Å². The SMILES string of the molecule is CC[C@]1(CO)CCCN(C(=O)c2cc(COc3cccc(F)c3)[nH]n2)C1. The number of ether oxygens (including phenoxy) is 1. The van der Waals surface area contributed by atoms with Crippen LogP contribution in [-0.4, -0.2) is 45.8 Å². The lowest BCUT2D eigenvalue weighted by molar-refractivity contribution is 0.0248. The van der Waals surface area contributed by atoms with Gasteiger partial charge in [-0.3, -0.25) is 9.89 Å². The number of aromatic nitrogens is 2. The molecule has 0 unspecified atom stereocenters. The summed E-state index contributed by atoms with van der Waals surface area (Å²) in [5, 5.41) is 16.6. The highest BCUT2D eigenvalue weighted by molar-refractivity contribution is 5.92. The van der Waals surface area contributed by atoms with Gasteiger partial charge in [-0.05, 0) is 37.5 Å². The molecule has 26 heavy (non-hydrogen) atoms. The monoisotopic (exact) mass is 361 g/mol. The standard InChI is InChI=1S/C19H24FN3O3/c1-2-19(13-24)7-4-8-23(12-19)18(25)17-10-15(21-22-17)11-26-16-6-3-5-14(20)9-16/h3,5-6,9-10,24H,2,4,7-8,11-13H2,1H3,(H,21,22)/t19-/m0/s1. The number of aromatic amines is 1. The van der Waals surface area contributed by atoms with Crippen molar-refractivity contribution in [1.29, 1.82) is 0 Å². The van der Waals surface area contributed by atoms with Crippen molar-refractivity contribution in [3.05, 3.63) is 47.5 Å². The van der Waals surface area contributed by atoms with Crippen LogP contribution < -0.4 is 4.74 Å². The third-order valence-corrected chi connectivity index (χ3v) is 5.07. The van der Waals surface area contributed by atoms with Gasteiger partial charge in [-0.25, -0.2) is 4.39 Å². The van der Waals surface area contributed by atoms with Crippen LogP contribution in [0.4, 0.5) is 4.39 Å². The molecule has 2 N–H and O–H groups in total. The maximum absolute atomic E-state index is 13.2. The second kappa shape index (κ2) is 7.86. The lowest BCUT2D eigenvalue weighted by Crippen LogP contribution is -2.47. The number of piperidine rings is 1. The highest BCUT2D eigenvalue weighted by Gasteiger charge is 2.36. The van der Waals surface area contributed by atoms with Gasteiger partial charge in [-0.15, -0.1) is 0 Å². The first-order valence-corrected chi connectivity index (χ1v) is 8.88. The van der Waals surface area contributed by atoms with Gasteiger partial charge in [-0.1, -0.05) is 13.0 Å². The van der Waals surface area contributed by atoms with Crippen molar-refractivity contribution in [2.45, 2.75) is 32.8 Å². The Morgan fingerprint density at radius 1 is 1.46 bits per heavy atom. The normalized spacial score (nSPS) is 20.2. The van der Waals surface area contributed by atoms with E-state index in [1.54, 1.807) is 23.1 Å². The number of hydrogen-bond donors (Lipinski definition) is 2. The molecular formula is C19H24FN3O3. The average Bonchev–Trinajstić information content (AvgIpc) is 3.15. The predicted octanol–water partition coefficient (Wildman–Crippen LogP) is 2.75. The van der Waals surface area contributed by atoms with Crippen LogP contribution in [0, 0.1) is 11.2 Å². The summed E-state index contributed by atoms with van der Waals surface area (Å²) >= 11 is 0. The summed E-state index contributed by atoms with van der Waals surface area (Å²) < 4.78 is 18.7. The predicted molar refractivity (Wildman–Crippen MR) is 94.3 cm³/mol. The summed E-state index contributed by atoms with van der Waals surface area (Å²) in [4.78, 5) is 14.5. The van der Waals surface area contributed by atoms with Crippen molar-refractivity contribution < 1.29 is 19.0 Å². The smallest absolute Gasteiger partial charge is 0.274 e. The lowest BCUT2D eigenvalue weighted by atomic mass is 9.78. The fraction of sp³-hybridized carbons (Fsp3) is 0.474. The summed E-state index contributed by atoms with van der Waals surface area (Å²) in [5.41, 5.74) is 0.749. The molecule has 0 aliphatic carbocycles. The Balaban J connectivity index is 1.62. The summed E-state index contributed by atoms with van der Waals surface area (Å²) in [5.74, 6) is -0.0974. The van der Waals surface area contributed by atoms with Gasteiger partial charge in [0.2, 0.25) is 0 Å². The molecule has 1 amide bonds. The fourth-order valence-corrected chi connectivity index (χ4v) is 3.34. The number of rotatable bonds is 6. The fourth-order valence-electron chi connectivity index (χ4n) is 3.34. The number of nitrogens with zero attached hydrogens (tertiary/aromatic N) is 2. The van der Waals surface area contributed by atoms with E-state index in [9.17, 15) is 14.3 Å². The Hall–Kier alpha value is -2.41. The molecule has 2 heterocycles. The van der Waals surface area contributed by atoms with Crippen molar-refractivity contribution in [2.75, 3.05) is 19.7 Å². The number of halogens is 1. The van der Waals surface area contributed by atoms with Crippen molar-refractivity contribution in [1.82, 2.24) is 15.1 Å². The van der Waals surface area contributed by atoms with Crippen molar-refractivity contribution in [3.63, 3.8) is 0 Å². The van der Waals surface area contributed by atoms with E-state index in [1.807, 2.05) is 6.92 Å². The molecule has 0 saturated carbocycles. The highest BCUT2D eigenvalue weighted by atomic mass is 19.1. The average molecular weight is 361 g/mol. The number of benzene rings is 1. The van der Waals surface area contributed by atoms with E-state index in [2.05, 4.69) is 10.2 Å². The summed E-state index contributed by atoms with van der Waals surface area (Å²) in [6.07, 6.45) is 2.64. The van der Waals surface area contributed by atoms with Crippen LogP contribution >= 0.6 is 0 Å². The summed E-state index contributed by atoms with van der Waals surface area (Å²) in [7, 11) is 0. The molecule has 3 rings (SSSR count). The Bertz CT molecular complexity index is 758. The molecule has 2 aromatic rings. The van der Waals surface area contributed by atoms with Crippen LogP contribution in [0.15, 0.2) is 30.3 Å². The lowest BCUT2D eigenvalue weighted by Gasteiger charge is -2.41. The molecule has 1 aliphatic rings. The second-order valence-corrected chi connectivity index (χ2v) is 6.87. The zero-order valence-corrected chi connectivity index (χ0v) is 14.9. The molecule has 1 fully saturated rings. The number of hydrogen-bond acceptors (Lipinski definition) is 4. The molecule has 0 spiro atoms. The molecule has 1 aliphatic heterocycles. The Labute approximate surface area is 152 Å². The van der Waals surface area contributed by atoms with Gasteiger partial charge in [-0.2, -0.15) is 5.10 Å². The largest absolute Gasteiger partial charge is 0.487 e. The number of carbonyl (C=O) groups excluding carboxylic acids is 1. The van der Waals surface area contributed by atoms with Crippen molar-refractivity contribution in [3.8, 4) is 5.75 Å². The van der Waals surface area contributed by atoms with Gasteiger partial charge in [0.25, 0.3) is 5.91 Å². The number of amides is 1. The molecule has 1 atom stereocenters. The van der Waals surface area contributed by atoms with Gasteiger partial charge in [0, 0.05) is 24.6 Å². The topological polar surface area (TPSA) is 78.5 Å². The molecule has 1 saturated heterocycles. The van der Waals surface area contributed by atoms with E-state index in [0.717, 1.165) is 19.3 Å². The molecule has 6 nitrogen and oxygen atoms in total. The maximum atomic E-state index is 13.2. The molecule has 1 aromatic carbocycles. The maximum Gasteiger partial charge on any atom is 0.274 e. The van der Waals surface area contributed by atoms with Crippen LogP contribution in [-0.2, 0) is 6.61 Å². The van der Waals surface area contributed by atoms with Gasteiger partial charge in [0.15, 0.2) is 5.69 Å². The molecule has 0 radical (unpaired) electrons. The summed E-state index contributed by atoms with van der Waals surface area (Å²) in [6, 6.07) is 7.54. The number of aliphatic hydroxyl groups excluding tert-OH is 1. The zero-order chi connectivity index (χ0) is 18.6. The minimum atomic E-state index is -0.364. The Morgan fingerprint density at radius 2 is 2.31 bits per heavy atom. The Morgan fingerprint density at radius 3 is 3.04 bits per heavy atom. The van der Waals surface area contributed by atoms with Crippen molar-refractivity contribution >= 4 is 5.91 Å². The van der Waals surface area contributed by atoms with Gasteiger partial charge >= 0.3 is 0 Å². The van der Waals surface area contributed by atoms with Gasteiger partial charge in [0.05, 0.1) is 12.3 Å². The first kappa shape index (κ1) is 18.4. The molecule has 0 bridgehead atoms. The minimum Gasteiger partial charge on any atom is -0.487 e. The number of H-pyrrole nitrogens is 1. The van der Waals surface area contributed by atoms with E-state index in [1.165, 1.54) is 12.1 Å². The first-order valence-electron chi connectivity index (χ1n) is 8.88. The van der Waals surface area contributed by atoms with Crippen LogP contribution in [0.1, 0.15) is 42.4 Å². The molecular weight excluding hydrogens is 337 g/mol. The Kier molecular flexibility index (Phi) is 5.56. The van der Waals surface area contributed by atoms with Gasteiger partial charge in [0.1, 0.15) is 18.2 Å². The van der Waals surface area contributed by atoms with Crippen molar-refractivity contribution in [2.24, 2.45) is 5.41 Å². The third-order valence-electron chi connectivity index (χ3n) is 5.07. The summed E-state index contributed by atoms with van der Waals surface area (Å²) in [6.45, 7) is 3.50. The van der Waals surface area contributed by atoms with Crippen LogP contribution in [0.3, 0.4) is 0 Å². The molecule has 7 heteroatoms. The molecule has 140 valence electrons. The van der Waals surface area contributed by atoms with E-state index in [4.69, 9.17) is 4.74 Å². The second-order valence-electron chi connectivity index (χ2n) is 6.87. The highest BCUT2D eigenvalue weighted by Crippen LogP contribution is 2.33. The van der Waals surface area contributed by atoms with Gasteiger partial charge < -0.3 is 14.7 Å². The molecule has 1 aromatic heterocycles. The number of aliphatic hydroxyl groups is 1. The van der Waals surface area contributed by atoms with Crippen LogP contribution in [0.5, 0.6) is 5.75 Å². The number of nitrogens with one attached hydrogen (secondary N) is 1. The minimum absolute atomic E-state index is 0.0839. The third kappa shape index (κ3) is 4.04. The van der Waals surface area contributed by atoms with E-state index < -0.39 is 0 Å². The van der Waals surface area contributed by atoms with Crippen LogP contribution in [0.2, 0.25) is 0 Å². The first-order chi connectivity index (χ1) is 12.5. The quantitative estimate of drug-likeness (QED) is 0.829. The van der Waals surface area contributed by atoms with E-state index in [0.29, 0.717) is 30.2 Å².